The van der Waals surface area contributed by atoms with Crippen LogP contribution in [0.2, 0.25) is 0 Å². The number of H-pyrrole nitrogens is 1. The monoisotopic (exact) mass is 421 g/mol. The molecular formula is C26H23N5O. The van der Waals surface area contributed by atoms with Crippen molar-refractivity contribution in [3.8, 4) is 22.6 Å². The molecule has 1 atom stereocenters. The fraction of sp³-hybridized carbons (Fsp3) is 0.192. The Hall–Kier alpha value is -3.77. The average Bonchev–Trinajstić information content (AvgIpc) is 3.33. The van der Waals surface area contributed by atoms with Gasteiger partial charge in [-0.2, -0.15) is 0 Å². The number of pyridine rings is 1. The Morgan fingerprint density at radius 1 is 0.938 bits per heavy atom. The third-order valence-corrected chi connectivity index (χ3v) is 6.07. The van der Waals surface area contributed by atoms with Gasteiger partial charge in [-0.05, 0) is 31.2 Å². The summed E-state index contributed by atoms with van der Waals surface area (Å²) in [7, 11) is 0. The number of hydrogen-bond acceptors (Lipinski definition) is 5. The summed E-state index contributed by atoms with van der Waals surface area (Å²) >= 11 is 0. The summed E-state index contributed by atoms with van der Waals surface area (Å²) in [4.78, 5) is 20.7. The zero-order chi connectivity index (χ0) is 21.5. The van der Waals surface area contributed by atoms with Gasteiger partial charge in [-0.25, -0.2) is 15.0 Å². The number of morpholine rings is 1. The molecule has 3 aromatic heterocycles. The molecule has 0 saturated carbocycles. The smallest absolute Gasteiger partial charge is 0.162 e. The van der Waals surface area contributed by atoms with E-state index in [1.807, 2.05) is 36.5 Å². The molecule has 0 amide bonds. The van der Waals surface area contributed by atoms with E-state index in [4.69, 9.17) is 19.7 Å². The highest BCUT2D eigenvalue weighted by molar-refractivity contribution is 5.96. The van der Waals surface area contributed by atoms with Gasteiger partial charge < -0.3 is 14.6 Å². The second kappa shape index (κ2) is 7.73. The van der Waals surface area contributed by atoms with Crippen molar-refractivity contribution in [2.45, 2.75) is 13.0 Å². The van der Waals surface area contributed by atoms with Gasteiger partial charge in [0.2, 0.25) is 0 Å². The zero-order valence-corrected chi connectivity index (χ0v) is 17.8. The number of benzene rings is 2. The number of aromatic nitrogens is 4. The molecule has 6 nitrogen and oxygen atoms in total. The van der Waals surface area contributed by atoms with Gasteiger partial charge in [-0.1, -0.05) is 42.5 Å². The molecule has 0 radical (unpaired) electrons. The molecule has 0 bridgehead atoms. The molecule has 6 heteroatoms. The average molecular weight is 422 g/mol. The number of hydrogen-bond donors (Lipinski definition) is 1. The van der Waals surface area contributed by atoms with Crippen LogP contribution in [0, 0.1) is 0 Å². The van der Waals surface area contributed by atoms with E-state index in [9.17, 15) is 0 Å². The number of fused-ring (bicyclic) bond motifs is 2. The van der Waals surface area contributed by atoms with Crippen LogP contribution in [0.5, 0.6) is 0 Å². The van der Waals surface area contributed by atoms with Crippen LogP contribution in [0.25, 0.3) is 44.6 Å². The van der Waals surface area contributed by atoms with Gasteiger partial charge in [-0.15, -0.1) is 0 Å². The van der Waals surface area contributed by atoms with E-state index < -0.39 is 0 Å². The van der Waals surface area contributed by atoms with Crippen molar-refractivity contribution in [3.63, 3.8) is 0 Å². The van der Waals surface area contributed by atoms with Crippen molar-refractivity contribution in [3.05, 3.63) is 72.9 Å². The molecule has 1 N–H and O–H groups in total. The summed E-state index contributed by atoms with van der Waals surface area (Å²) in [6.45, 7) is 4.29. The second-order valence-electron chi connectivity index (χ2n) is 8.16. The zero-order valence-electron chi connectivity index (χ0n) is 17.8. The van der Waals surface area contributed by atoms with Crippen molar-refractivity contribution in [1.29, 1.82) is 0 Å². The van der Waals surface area contributed by atoms with E-state index in [-0.39, 0.29) is 6.04 Å². The van der Waals surface area contributed by atoms with Crippen LogP contribution in [-0.2, 0) is 4.74 Å². The maximum Gasteiger partial charge on any atom is 0.162 e. The van der Waals surface area contributed by atoms with Crippen molar-refractivity contribution in [1.82, 2.24) is 19.9 Å². The Kier molecular flexibility index (Phi) is 4.58. The molecule has 0 aliphatic carbocycles. The van der Waals surface area contributed by atoms with E-state index in [1.54, 1.807) is 0 Å². The summed E-state index contributed by atoms with van der Waals surface area (Å²) in [6, 6.07) is 22.8. The number of nitrogens with zero attached hydrogens (tertiary/aromatic N) is 4. The third-order valence-electron chi connectivity index (χ3n) is 6.07. The highest BCUT2D eigenvalue weighted by atomic mass is 16.5. The number of anilines is 1. The Labute approximate surface area is 185 Å². The first-order chi connectivity index (χ1) is 15.8. The molecule has 2 aromatic carbocycles. The largest absolute Gasteiger partial charge is 0.377 e. The van der Waals surface area contributed by atoms with Gasteiger partial charge >= 0.3 is 0 Å². The molecule has 158 valence electrons. The molecular weight excluding hydrogens is 398 g/mol. The lowest BCUT2D eigenvalue weighted by Gasteiger charge is -2.34. The third kappa shape index (κ3) is 3.20. The molecule has 4 heterocycles. The molecule has 0 unspecified atom stereocenters. The lowest BCUT2D eigenvalue weighted by atomic mass is 10.1. The van der Waals surface area contributed by atoms with Crippen molar-refractivity contribution >= 4 is 27.8 Å². The normalized spacial score (nSPS) is 16.7. The summed E-state index contributed by atoms with van der Waals surface area (Å²) in [6.07, 6.45) is 1.95. The van der Waals surface area contributed by atoms with Gasteiger partial charge in [0.25, 0.3) is 0 Å². The van der Waals surface area contributed by atoms with Crippen LogP contribution in [-0.4, -0.2) is 45.7 Å². The molecule has 6 rings (SSSR count). The van der Waals surface area contributed by atoms with E-state index in [2.05, 4.69) is 53.2 Å². The highest BCUT2D eigenvalue weighted by Crippen LogP contribution is 2.33. The maximum atomic E-state index is 5.69. The molecule has 1 fully saturated rings. The van der Waals surface area contributed by atoms with Gasteiger partial charge in [0.15, 0.2) is 11.6 Å². The number of ether oxygens (including phenoxy) is 1. The van der Waals surface area contributed by atoms with E-state index in [1.165, 1.54) is 0 Å². The predicted octanol–water partition coefficient (Wildman–Crippen LogP) is 5.07. The van der Waals surface area contributed by atoms with Gasteiger partial charge in [-0.3, -0.25) is 0 Å². The van der Waals surface area contributed by atoms with Gasteiger partial charge in [0.05, 0.1) is 30.5 Å². The number of aromatic amines is 1. The highest BCUT2D eigenvalue weighted by Gasteiger charge is 2.25. The van der Waals surface area contributed by atoms with Crippen LogP contribution in [0.4, 0.5) is 5.82 Å². The predicted molar refractivity (Wildman–Crippen MR) is 128 cm³/mol. The molecule has 1 aliphatic heterocycles. The summed E-state index contributed by atoms with van der Waals surface area (Å²) < 4.78 is 5.69. The molecule has 0 spiro atoms. The second-order valence-corrected chi connectivity index (χ2v) is 8.16. The Bertz CT molecular complexity index is 1410. The lowest BCUT2D eigenvalue weighted by Crippen LogP contribution is -2.44. The van der Waals surface area contributed by atoms with Crippen LogP contribution in [0.1, 0.15) is 6.92 Å². The van der Waals surface area contributed by atoms with E-state index >= 15 is 0 Å². The van der Waals surface area contributed by atoms with Crippen LogP contribution >= 0.6 is 0 Å². The summed E-state index contributed by atoms with van der Waals surface area (Å²) in [5.74, 6) is 1.58. The topological polar surface area (TPSA) is 66.9 Å². The molecule has 1 aliphatic rings. The van der Waals surface area contributed by atoms with Crippen molar-refractivity contribution < 1.29 is 4.74 Å². The number of rotatable bonds is 3. The van der Waals surface area contributed by atoms with Crippen LogP contribution in [0.3, 0.4) is 0 Å². The fourth-order valence-corrected chi connectivity index (χ4v) is 4.41. The Balaban J connectivity index is 1.59. The fourth-order valence-electron chi connectivity index (χ4n) is 4.41. The first-order valence-electron chi connectivity index (χ1n) is 10.9. The molecule has 1 saturated heterocycles. The Morgan fingerprint density at radius 3 is 2.72 bits per heavy atom. The molecule has 5 aromatic rings. The minimum atomic E-state index is 0.208. The summed E-state index contributed by atoms with van der Waals surface area (Å²) in [5.41, 5.74) is 5.76. The van der Waals surface area contributed by atoms with E-state index in [0.29, 0.717) is 19.0 Å². The van der Waals surface area contributed by atoms with E-state index in [0.717, 1.165) is 51.1 Å². The first kappa shape index (κ1) is 19.0. The minimum Gasteiger partial charge on any atom is -0.377 e. The van der Waals surface area contributed by atoms with Crippen molar-refractivity contribution in [2.75, 3.05) is 24.7 Å². The standard InChI is InChI=1S/C26H23N5O/c1-17-16-32-15-14-31(17)26-24-23(11-10-21(28-24)18-6-3-2-4-7-18)29-25(30-26)20-8-5-9-22-19(20)12-13-27-22/h2-13,17,27H,14-16H2,1H3/t17-/m1/s1. The van der Waals surface area contributed by atoms with Crippen LogP contribution < -0.4 is 4.90 Å². The quantitative estimate of drug-likeness (QED) is 0.441. The minimum absolute atomic E-state index is 0.208. The van der Waals surface area contributed by atoms with Gasteiger partial charge in [0, 0.05) is 34.8 Å². The van der Waals surface area contributed by atoms with Gasteiger partial charge in [0.1, 0.15) is 5.52 Å². The summed E-state index contributed by atoms with van der Waals surface area (Å²) in [5, 5.41) is 1.11. The maximum absolute atomic E-state index is 5.69. The van der Waals surface area contributed by atoms with Crippen LogP contribution in [0.15, 0.2) is 72.9 Å². The number of nitrogens with one attached hydrogen (secondary N) is 1. The Morgan fingerprint density at radius 2 is 1.84 bits per heavy atom. The van der Waals surface area contributed by atoms with Crippen molar-refractivity contribution in [2.24, 2.45) is 0 Å². The SMILES string of the molecule is C[C@@H]1COCCN1c1nc(-c2cccc3[nH]ccc23)nc2ccc(-c3ccccc3)nc12. The molecule has 32 heavy (non-hydrogen) atoms. The first-order valence-corrected chi connectivity index (χ1v) is 10.9. The lowest BCUT2D eigenvalue weighted by molar-refractivity contribution is 0.0987.